The molecular formula is C32H27IN2O6S. The summed E-state index contributed by atoms with van der Waals surface area (Å²) in [4.78, 5) is 32.1. The number of esters is 1. The van der Waals surface area contributed by atoms with Crippen LogP contribution < -0.4 is 29.1 Å². The van der Waals surface area contributed by atoms with E-state index >= 15 is 0 Å². The molecule has 4 aromatic rings. The first kappa shape index (κ1) is 28.2. The van der Waals surface area contributed by atoms with E-state index in [9.17, 15) is 9.59 Å². The quantitative estimate of drug-likeness (QED) is 0.200. The summed E-state index contributed by atoms with van der Waals surface area (Å²) in [7, 11) is 0. The second-order valence-electron chi connectivity index (χ2n) is 9.88. The summed E-state index contributed by atoms with van der Waals surface area (Å²) in [5.41, 5.74) is 4.45. The molecule has 6 rings (SSSR count). The molecule has 1 aromatic heterocycles. The van der Waals surface area contributed by atoms with Crippen molar-refractivity contribution in [3.63, 3.8) is 0 Å². The first-order chi connectivity index (χ1) is 20.3. The number of fused-ring (bicyclic) bond motifs is 2. The number of carbonyl (C=O) groups excluding carboxylic acids is 1. The Morgan fingerprint density at radius 3 is 2.64 bits per heavy atom. The zero-order valence-corrected chi connectivity index (χ0v) is 26.2. The number of allylic oxidation sites excluding steroid dienone is 1. The molecule has 0 aliphatic carbocycles. The van der Waals surface area contributed by atoms with Crippen LogP contribution in [0.25, 0.3) is 6.08 Å². The highest BCUT2D eigenvalue weighted by Crippen LogP contribution is 2.33. The van der Waals surface area contributed by atoms with Crippen molar-refractivity contribution in [2.45, 2.75) is 33.4 Å². The van der Waals surface area contributed by atoms with Gasteiger partial charge in [-0.15, -0.1) is 0 Å². The molecule has 214 valence electrons. The number of benzene rings is 3. The summed E-state index contributed by atoms with van der Waals surface area (Å²) in [6, 6.07) is 18.7. The molecule has 0 fully saturated rings. The molecule has 0 N–H and O–H groups in total. The fourth-order valence-electron chi connectivity index (χ4n) is 4.92. The number of halogens is 1. The van der Waals surface area contributed by atoms with Crippen molar-refractivity contribution >= 4 is 46.0 Å². The van der Waals surface area contributed by atoms with Crippen LogP contribution in [-0.2, 0) is 16.1 Å². The Labute approximate surface area is 259 Å². The van der Waals surface area contributed by atoms with Gasteiger partial charge in [-0.2, -0.15) is 0 Å². The molecule has 2 aliphatic heterocycles. The number of aryl methyl sites for hydroxylation is 1. The van der Waals surface area contributed by atoms with Gasteiger partial charge in [-0.25, -0.2) is 9.79 Å². The molecule has 0 saturated heterocycles. The monoisotopic (exact) mass is 694 g/mol. The van der Waals surface area contributed by atoms with Gasteiger partial charge in [-0.1, -0.05) is 53.3 Å². The predicted octanol–water partition coefficient (Wildman–Crippen LogP) is 5.02. The zero-order chi connectivity index (χ0) is 29.4. The van der Waals surface area contributed by atoms with Crippen LogP contribution in [0.5, 0.6) is 17.2 Å². The van der Waals surface area contributed by atoms with Gasteiger partial charge in [0, 0.05) is 0 Å². The number of hydrogen-bond donors (Lipinski definition) is 0. The largest absolute Gasteiger partial charge is 0.488 e. The van der Waals surface area contributed by atoms with Crippen LogP contribution in [0.2, 0.25) is 0 Å². The second-order valence-corrected chi connectivity index (χ2v) is 12.1. The lowest BCUT2D eigenvalue weighted by Crippen LogP contribution is -2.39. The Hall–Kier alpha value is -3.90. The number of nitrogens with zero attached hydrogens (tertiary/aromatic N) is 2. The molecule has 3 heterocycles. The molecule has 8 nitrogen and oxygen atoms in total. The van der Waals surface area contributed by atoms with Gasteiger partial charge in [0.15, 0.2) is 16.3 Å². The Morgan fingerprint density at radius 2 is 1.88 bits per heavy atom. The fourth-order valence-corrected chi connectivity index (χ4v) is 6.66. The minimum absolute atomic E-state index is 0.211. The van der Waals surface area contributed by atoms with Crippen molar-refractivity contribution in [2.24, 2.45) is 4.99 Å². The number of ether oxygens (including phenoxy) is 4. The van der Waals surface area contributed by atoms with Crippen LogP contribution in [-0.4, -0.2) is 23.9 Å². The van der Waals surface area contributed by atoms with Gasteiger partial charge in [0.1, 0.15) is 12.4 Å². The van der Waals surface area contributed by atoms with Gasteiger partial charge in [0.25, 0.3) is 5.56 Å². The van der Waals surface area contributed by atoms with Crippen LogP contribution in [0.1, 0.15) is 42.1 Å². The molecule has 42 heavy (non-hydrogen) atoms. The average molecular weight is 695 g/mol. The lowest BCUT2D eigenvalue weighted by molar-refractivity contribution is -0.139. The number of carbonyl (C=O) groups is 1. The van der Waals surface area contributed by atoms with Gasteiger partial charge in [0.2, 0.25) is 6.79 Å². The minimum atomic E-state index is -0.629. The van der Waals surface area contributed by atoms with Crippen molar-refractivity contribution in [2.75, 3.05) is 13.4 Å². The van der Waals surface area contributed by atoms with Crippen LogP contribution in [0, 0.1) is 10.5 Å². The first-order valence-electron chi connectivity index (χ1n) is 13.4. The van der Waals surface area contributed by atoms with E-state index in [1.165, 1.54) is 11.3 Å². The van der Waals surface area contributed by atoms with Gasteiger partial charge in [-0.05, 0) is 90.4 Å². The van der Waals surface area contributed by atoms with Crippen LogP contribution in [0.3, 0.4) is 0 Å². The van der Waals surface area contributed by atoms with Gasteiger partial charge in [-0.3, -0.25) is 9.36 Å². The van der Waals surface area contributed by atoms with Crippen LogP contribution in [0.4, 0.5) is 0 Å². The SMILES string of the molecule is CCOC(=O)C1=C(C)N=c2s/c(=C/c3ccc(OCc4ccc5c(c4)OCO5)c(I)c3)c(=O)n2[C@H]1c1ccc(C)cc1. The predicted molar refractivity (Wildman–Crippen MR) is 168 cm³/mol. The third-order valence-electron chi connectivity index (χ3n) is 7.00. The van der Waals surface area contributed by atoms with E-state index in [0.29, 0.717) is 27.2 Å². The Balaban J connectivity index is 1.32. The van der Waals surface area contributed by atoms with Crippen molar-refractivity contribution in [3.8, 4) is 17.2 Å². The van der Waals surface area contributed by atoms with Crippen molar-refractivity contribution in [1.29, 1.82) is 0 Å². The highest BCUT2D eigenvalue weighted by atomic mass is 127. The summed E-state index contributed by atoms with van der Waals surface area (Å²) in [5, 5.41) is 0. The second kappa shape index (κ2) is 11.8. The maximum absolute atomic E-state index is 13.9. The number of aromatic nitrogens is 1. The van der Waals surface area contributed by atoms with Crippen molar-refractivity contribution < 1.29 is 23.7 Å². The topological polar surface area (TPSA) is 88.4 Å². The maximum Gasteiger partial charge on any atom is 0.338 e. The average Bonchev–Trinajstić information content (AvgIpc) is 3.56. The standard InChI is InChI=1S/C32H27IN2O6S/c1-4-38-31(37)28-19(3)34-32-35(29(28)22-9-5-18(2)6-10-22)30(36)27(42-32)15-20-7-11-24(23(33)13-20)39-16-21-8-12-25-26(14-21)41-17-40-25/h5-15,29H,4,16-17H2,1-3H3/b27-15+/t29-/m0/s1. The van der Waals surface area contributed by atoms with Crippen LogP contribution >= 0.6 is 33.9 Å². The lowest BCUT2D eigenvalue weighted by atomic mass is 9.95. The Bertz CT molecular complexity index is 1910. The Kier molecular flexibility index (Phi) is 7.91. The van der Waals surface area contributed by atoms with Gasteiger partial charge < -0.3 is 18.9 Å². The van der Waals surface area contributed by atoms with E-state index in [2.05, 4.69) is 27.6 Å². The normalized spacial score (nSPS) is 15.8. The molecule has 3 aromatic carbocycles. The summed E-state index contributed by atoms with van der Waals surface area (Å²) in [5.74, 6) is 1.72. The summed E-state index contributed by atoms with van der Waals surface area (Å²) in [6.45, 7) is 6.39. The van der Waals surface area contributed by atoms with Gasteiger partial charge >= 0.3 is 5.97 Å². The molecule has 0 amide bonds. The minimum Gasteiger partial charge on any atom is -0.488 e. The van der Waals surface area contributed by atoms with E-state index in [1.54, 1.807) is 18.4 Å². The summed E-state index contributed by atoms with van der Waals surface area (Å²) in [6.07, 6.45) is 1.85. The van der Waals surface area contributed by atoms with Crippen molar-refractivity contribution in [3.05, 3.63) is 117 Å². The van der Waals surface area contributed by atoms with E-state index in [1.807, 2.05) is 73.7 Å². The molecule has 0 saturated carbocycles. The molecule has 0 radical (unpaired) electrons. The Morgan fingerprint density at radius 1 is 1.10 bits per heavy atom. The number of thiazole rings is 1. The van der Waals surface area contributed by atoms with E-state index in [-0.39, 0.29) is 19.0 Å². The smallest absolute Gasteiger partial charge is 0.338 e. The third kappa shape index (κ3) is 5.48. The molecule has 10 heteroatoms. The van der Waals surface area contributed by atoms with E-state index in [4.69, 9.17) is 18.9 Å². The lowest BCUT2D eigenvalue weighted by Gasteiger charge is -2.24. The van der Waals surface area contributed by atoms with E-state index in [0.717, 1.165) is 43.1 Å². The zero-order valence-electron chi connectivity index (χ0n) is 23.2. The first-order valence-corrected chi connectivity index (χ1v) is 15.3. The molecular weight excluding hydrogens is 667 g/mol. The molecule has 0 unspecified atom stereocenters. The molecule has 1 atom stereocenters. The van der Waals surface area contributed by atoms with Crippen LogP contribution in [0.15, 0.2) is 81.7 Å². The van der Waals surface area contributed by atoms with Gasteiger partial charge in [0.05, 0.1) is 32.0 Å². The highest BCUT2D eigenvalue weighted by molar-refractivity contribution is 14.1. The molecule has 0 bridgehead atoms. The number of rotatable bonds is 7. The molecule has 2 aliphatic rings. The maximum atomic E-state index is 13.9. The number of hydrogen-bond acceptors (Lipinski definition) is 8. The van der Waals surface area contributed by atoms with E-state index < -0.39 is 12.0 Å². The summed E-state index contributed by atoms with van der Waals surface area (Å²) < 4.78 is 25.3. The third-order valence-corrected chi connectivity index (χ3v) is 8.82. The summed E-state index contributed by atoms with van der Waals surface area (Å²) >= 11 is 3.54. The fraction of sp³-hybridized carbons (Fsp3) is 0.219. The van der Waals surface area contributed by atoms with Crippen molar-refractivity contribution in [1.82, 2.24) is 4.57 Å². The molecule has 0 spiro atoms. The highest BCUT2D eigenvalue weighted by Gasteiger charge is 2.33.